The average molecular weight is 447 g/mol. The van der Waals surface area contributed by atoms with Crippen LogP contribution in [0.1, 0.15) is 37.3 Å². The van der Waals surface area contributed by atoms with E-state index >= 15 is 0 Å². The molecule has 3 aromatic carbocycles. The van der Waals surface area contributed by atoms with Gasteiger partial charge in [-0.3, -0.25) is 9.69 Å². The van der Waals surface area contributed by atoms with E-state index in [0.717, 1.165) is 46.3 Å². The molecule has 3 aromatic rings. The Morgan fingerprint density at radius 3 is 2.06 bits per heavy atom. The molecule has 1 saturated heterocycles. The number of anilines is 1. The third kappa shape index (κ3) is 6.44. The van der Waals surface area contributed by atoms with Gasteiger partial charge >= 0.3 is 0 Å². The van der Waals surface area contributed by atoms with Gasteiger partial charge in [0.1, 0.15) is 0 Å². The number of benzene rings is 3. The highest BCUT2D eigenvalue weighted by molar-refractivity contribution is 6.30. The van der Waals surface area contributed by atoms with Crippen molar-refractivity contribution in [1.82, 2.24) is 4.90 Å². The van der Waals surface area contributed by atoms with Crippen LogP contribution in [0.15, 0.2) is 72.8 Å². The first-order valence-corrected chi connectivity index (χ1v) is 11.9. The molecule has 0 aromatic heterocycles. The normalized spacial score (nSPS) is 14.9. The minimum absolute atomic E-state index is 0.0459. The maximum atomic E-state index is 12.4. The molecule has 1 aliphatic rings. The van der Waals surface area contributed by atoms with Crippen molar-refractivity contribution in [1.29, 1.82) is 0 Å². The van der Waals surface area contributed by atoms with Crippen LogP contribution >= 0.6 is 11.6 Å². The average Bonchev–Trinajstić information content (AvgIpc) is 2.81. The van der Waals surface area contributed by atoms with Gasteiger partial charge in [-0.25, -0.2) is 0 Å². The Morgan fingerprint density at radius 2 is 1.44 bits per heavy atom. The number of carbonyl (C=O) groups excluding carboxylic acids is 1. The first-order valence-electron chi connectivity index (χ1n) is 11.5. The van der Waals surface area contributed by atoms with Crippen LogP contribution in [0.5, 0.6) is 0 Å². The highest BCUT2D eigenvalue weighted by atomic mass is 35.5. The number of aryl methyl sites for hydroxylation is 1. The second-order valence-electron chi connectivity index (χ2n) is 8.91. The molecule has 1 aliphatic heterocycles. The Bertz CT molecular complexity index is 1000. The standard InChI is InChI=1S/C28H31ClN2O/c1-21-16-18-31(19-17-21)20-23-4-13-27(14-5-23)30-28(32)15-6-22-2-7-24(8-3-22)25-9-11-26(29)12-10-25/h2-5,7-14,21H,6,15-20H2,1H3,(H,30,32). The fraction of sp³-hybridized carbons (Fsp3) is 0.321. The minimum Gasteiger partial charge on any atom is -0.326 e. The Labute approximate surface area is 196 Å². The summed E-state index contributed by atoms with van der Waals surface area (Å²) in [6.45, 7) is 5.69. The van der Waals surface area contributed by atoms with Gasteiger partial charge in [-0.1, -0.05) is 67.1 Å². The van der Waals surface area contributed by atoms with E-state index < -0.39 is 0 Å². The van der Waals surface area contributed by atoms with Crippen LogP contribution in [0.3, 0.4) is 0 Å². The van der Waals surface area contributed by atoms with E-state index in [1.165, 1.54) is 31.5 Å². The summed E-state index contributed by atoms with van der Waals surface area (Å²) >= 11 is 5.97. The third-order valence-electron chi connectivity index (χ3n) is 6.29. The molecule has 0 spiro atoms. The van der Waals surface area contributed by atoms with Gasteiger partial charge in [0, 0.05) is 23.7 Å². The number of piperidine rings is 1. The van der Waals surface area contributed by atoms with Crippen molar-refractivity contribution < 1.29 is 4.79 Å². The number of nitrogens with zero attached hydrogens (tertiary/aromatic N) is 1. The maximum Gasteiger partial charge on any atom is 0.224 e. The van der Waals surface area contributed by atoms with Gasteiger partial charge in [0.15, 0.2) is 0 Å². The van der Waals surface area contributed by atoms with Gasteiger partial charge in [-0.2, -0.15) is 0 Å². The van der Waals surface area contributed by atoms with Gasteiger partial charge in [0.2, 0.25) is 5.91 Å². The number of halogens is 1. The lowest BCUT2D eigenvalue weighted by Gasteiger charge is -2.30. The van der Waals surface area contributed by atoms with Gasteiger partial charge in [-0.15, -0.1) is 0 Å². The summed E-state index contributed by atoms with van der Waals surface area (Å²) in [6, 6.07) is 24.5. The van der Waals surface area contributed by atoms with E-state index in [0.29, 0.717) is 6.42 Å². The summed E-state index contributed by atoms with van der Waals surface area (Å²) in [7, 11) is 0. The molecule has 0 aliphatic carbocycles. The van der Waals surface area contributed by atoms with Crippen molar-refractivity contribution in [3.05, 3.63) is 88.9 Å². The van der Waals surface area contributed by atoms with E-state index in [1.807, 2.05) is 36.4 Å². The SMILES string of the molecule is CC1CCN(Cc2ccc(NC(=O)CCc3ccc(-c4ccc(Cl)cc4)cc3)cc2)CC1. The van der Waals surface area contributed by atoms with E-state index in [-0.39, 0.29) is 5.91 Å². The second kappa shape index (κ2) is 10.8. The molecule has 0 unspecified atom stereocenters. The van der Waals surface area contributed by atoms with Crippen molar-refractivity contribution in [2.75, 3.05) is 18.4 Å². The van der Waals surface area contributed by atoms with Crippen molar-refractivity contribution >= 4 is 23.2 Å². The molecule has 1 fully saturated rings. The summed E-state index contributed by atoms with van der Waals surface area (Å²) in [5.74, 6) is 0.898. The van der Waals surface area contributed by atoms with Crippen molar-refractivity contribution in [2.24, 2.45) is 5.92 Å². The summed E-state index contributed by atoms with van der Waals surface area (Å²) < 4.78 is 0. The Morgan fingerprint density at radius 1 is 0.875 bits per heavy atom. The van der Waals surface area contributed by atoms with Gasteiger partial charge < -0.3 is 5.32 Å². The molecule has 1 N–H and O–H groups in total. The number of carbonyl (C=O) groups is 1. The van der Waals surface area contributed by atoms with Gasteiger partial charge in [0.05, 0.1) is 0 Å². The fourth-order valence-electron chi connectivity index (χ4n) is 4.16. The van der Waals surface area contributed by atoms with Crippen molar-refractivity contribution in [2.45, 2.75) is 39.2 Å². The predicted octanol–water partition coefficient (Wildman–Crippen LogP) is 6.81. The van der Waals surface area contributed by atoms with Gasteiger partial charge in [0.25, 0.3) is 0 Å². The quantitative estimate of drug-likeness (QED) is 0.432. The number of hydrogen-bond donors (Lipinski definition) is 1. The van der Waals surface area contributed by atoms with Crippen LogP contribution in [0.4, 0.5) is 5.69 Å². The van der Waals surface area contributed by atoms with Crippen LogP contribution in [-0.2, 0) is 17.8 Å². The van der Waals surface area contributed by atoms with Gasteiger partial charge in [-0.05, 0) is 84.8 Å². The molecular weight excluding hydrogens is 416 g/mol. The number of rotatable bonds is 7. The Balaban J connectivity index is 1.23. The van der Waals surface area contributed by atoms with E-state index in [9.17, 15) is 4.79 Å². The minimum atomic E-state index is 0.0459. The molecule has 0 saturated carbocycles. The summed E-state index contributed by atoms with van der Waals surface area (Å²) in [5, 5.41) is 3.76. The molecule has 4 heteroatoms. The molecule has 3 nitrogen and oxygen atoms in total. The number of hydrogen-bond acceptors (Lipinski definition) is 2. The Kier molecular flexibility index (Phi) is 7.62. The zero-order valence-corrected chi connectivity index (χ0v) is 19.4. The summed E-state index contributed by atoms with van der Waals surface area (Å²) in [6.07, 6.45) is 3.77. The maximum absolute atomic E-state index is 12.4. The van der Waals surface area contributed by atoms with Crippen LogP contribution < -0.4 is 5.32 Å². The number of nitrogens with one attached hydrogen (secondary N) is 1. The van der Waals surface area contributed by atoms with Crippen molar-refractivity contribution in [3.63, 3.8) is 0 Å². The third-order valence-corrected chi connectivity index (χ3v) is 6.54. The van der Waals surface area contributed by atoms with E-state index in [4.69, 9.17) is 11.6 Å². The smallest absolute Gasteiger partial charge is 0.224 e. The molecule has 0 bridgehead atoms. The molecule has 1 amide bonds. The lowest BCUT2D eigenvalue weighted by molar-refractivity contribution is -0.116. The summed E-state index contributed by atoms with van der Waals surface area (Å²) in [4.78, 5) is 14.9. The first kappa shape index (κ1) is 22.6. The predicted molar refractivity (Wildman–Crippen MR) is 134 cm³/mol. The first-order chi connectivity index (χ1) is 15.5. The molecule has 0 radical (unpaired) electrons. The number of likely N-dealkylation sites (tertiary alicyclic amines) is 1. The molecular formula is C28H31ClN2O. The molecule has 32 heavy (non-hydrogen) atoms. The molecule has 0 atom stereocenters. The lowest BCUT2D eigenvalue weighted by atomic mass is 9.99. The van der Waals surface area contributed by atoms with E-state index in [1.54, 1.807) is 0 Å². The van der Waals surface area contributed by atoms with Crippen LogP contribution in [-0.4, -0.2) is 23.9 Å². The monoisotopic (exact) mass is 446 g/mol. The van der Waals surface area contributed by atoms with E-state index in [2.05, 4.69) is 53.5 Å². The Hall–Kier alpha value is -2.62. The highest BCUT2D eigenvalue weighted by Gasteiger charge is 2.15. The molecule has 166 valence electrons. The summed E-state index contributed by atoms with van der Waals surface area (Å²) in [5.41, 5.74) is 5.61. The molecule has 1 heterocycles. The fourth-order valence-corrected chi connectivity index (χ4v) is 4.29. The van der Waals surface area contributed by atoms with Crippen LogP contribution in [0, 0.1) is 5.92 Å². The van der Waals surface area contributed by atoms with Crippen LogP contribution in [0.25, 0.3) is 11.1 Å². The van der Waals surface area contributed by atoms with Crippen molar-refractivity contribution in [3.8, 4) is 11.1 Å². The largest absolute Gasteiger partial charge is 0.326 e. The highest BCUT2D eigenvalue weighted by Crippen LogP contribution is 2.23. The van der Waals surface area contributed by atoms with Crippen LogP contribution in [0.2, 0.25) is 5.02 Å². The topological polar surface area (TPSA) is 32.3 Å². The molecule has 4 rings (SSSR count). The lowest BCUT2D eigenvalue weighted by Crippen LogP contribution is -2.32. The number of amides is 1. The zero-order valence-electron chi connectivity index (χ0n) is 18.7. The zero-order chi connectivity index (χ0) is 22.3. The second-order valence-corrected chi connectivity index (χ2v) is 9.34.